The maximum atomic E-state index is 13.5. The molecule has 0 spiro atoms. The van der Waals surface area contributed by atoms with Crippen molar-refractivity contribution in [1.29, 1.82) is 0 Å². The van der Waals surface area contributed by atoms with Gasteiger partial charge in [-0.05, 0) is 49.6 Å². The van der Waals surface area contributed by atoms with Gasteiger partial charge in [0.2, 0.25) is 0 Å². The third-order valence-electron chi connectivity index (χ3n) is 4.39. The number of H-pyrrole nitrogens is 1. The van der Waals surface area contributed by atoms with Crippen LogP contribution in [0.1, 0.15) is 24.0 Å². The molecule has 144 valence electrons. The second-order valence-electron chi connectivity index (χ2n) is 6.20. The second-order valence-corrected chi connectivity index (χ2v) is 7.42. The van der Waals surface area contributed by atoms with Crippen LogP contribution in [0.5, 0.6) is 0 Å². The molecule has 0 saturated carbocycles. The molecule has 0 aliphatic carbocycles. The highest BCUT2D eigenvalue weighted by molar-refractivity contribution is 6.43. The van der Waals surface area contributed by atoms with E-state index in [2.05, 4.69) is 4.98 Å². The largest absolute Gasteiger partial charge is 0.418 e. The molecule has 2 aromatic carbocycles. The Morgan fingerprint density at radius 3 is 2.44 bits per heavy atom. The van der Waals surface area contributed by atoms with Crippen LogP contribution in [-0.2, 0) is 12.6 Å². The molecule has 0 bridgehead atoms. The van der Waals surface area contributed by atoms with Crippen molar-refractivity contribution < 1.29 is 13.2 Å². The van der Waals surface area contributed by atoms with E-state index in [9.17, 15) is 13.2 Å². The first-order valence-corrected chi connectivity index (χ1v) is 9.43. The summed E-state index contributed by atoms with van der Waals surface area (Å²) in [6, 6.07) is 7.52. The predicted octanol–water partition coefficient (Wildman–Crippen LogP) is 7.10. The maximum Gasteiger partial charge on any atom is 0.418 e. The number of hydrogen-bond donors (Lipinski definition) is 2. The highest BCUT2D eigenvalue weighted by atomic mass is 35.5. The predicted molar refractivity (Wildman–Crippen MR) is 106 cm³/mol. The van der Waals surface area contributed by atoms with Crippen molar-refractivity contribution in [3.05, 3.63) is 56.5 Å². The lowest BCUT2D eigenvalue weighted by Crippen LogP contribution is -2.05. The molecule has 0 amide bonds. The van der Waals surface area contributed by atoms with Gasteiger partial charge in [-0.15, -0.1) is 0 Å². The number of benzene rings is 2. The summed E-state index contributed by atoms with van der Waals surface area (Å²) in [5.74, 6) is 0. The average molecular weight is 436 g/mol. The summed E-state index contributed by atoms with van der Waals surface area (Å²) in [7, 11) is 0. The van der Waals surface area contributed by atoms with Crippen LogP contribution in [0.4, 0.5) is 13.2 Å². The standard InChI is InChI=1S/C19H16Cl3F3N2/c20-10-8-13-11(4-1-2-7-26)17(12-5-3-6-15(21)16(12)22)27-18(13)14(9-10)19(23,24)25/h3,5-6,8-9,27H,1-2,4,7,26H2. The summed E-state index contributed by atoms with van der Waals surface area (Å²) in [5.41, 5.74) is 6.52. The second kappa shape index (κ2) is 7.92. The summed E-state index contributed by atoms with van der Waals surface area (Å²) >= 11 is 18.4. The smallest absolute Gasteiger partial charge is 0.354 e. The van der Waals surface area contributed by atoms with Gasteiger partial charge in [0, 0.05) is 16.0 Å². The molecular formula is C19H16Cl3F3N2. The van der Waals surface area contributed by atoms with E-state index in [1.54, 1.807) is 24.3 Å². The lowest BCUT2D eigenvalue weighted by molar-refractivity contribution is -0.136. The fraction of sp³-hybridized carbons (Fsp3) is 0.263. The van der Waals surface area contributed by atoms with Gasteiger partial charge in [-0.1, -0.05) is 46.9 Å². The third-order valence-corrected chi connectivity index (χ3v) is 5.42. The quantitative estimate of drug-likeness (QED) is 0.412. The van der Waals surface area contributed by atoms with Crippen molar-refractivity contribution >= 4 is 45.7 Å². The molecule has 8 heteroatoms. The van der Waals surface area contributed by atoms with Crippen molar-refractivity contribution in [3.8, 4) is 11.3 Å². The van der Waals surface area contributed by atoms with Gasteiger partial charge >= 0.3 is 6.18 Å². The molecule has 2 nitrogen and oxygen atoms in total. The fourth-order valence-electron chi connectivity index (χ4n) is 3.17. The van der Waals surface area contributed by atoms with Gasteiger partial charge in [0.15, 0.2) is 0 Å². The van der Waals surface area contributed by atoms with Crippen molar-refractivity contribution in [2.75, 3.05) is 6.54 Å². The third kappa shape index (κ3) is 4.06. The van der Waals surface area contributed by atoms with Crippen LogP contribution in [0.15, 0.2) is 30.3 Å². The minimum atomic E-state index is -4.54. The first-order valence-electron chi connectivity index (χ1n) is 8.29. The zero-order valence-corrected chi connectivity index (χ0v) is 16.3. The van der Waals surface area contributed by atoms with E-state index in [1.807, 2.05) is 0 Å². The number of fused-ring (bicyclic) bond motifs is 1. The van der Waals surface area contributed by atoms with E-state index < -0.39 is 11.7 Å². The number of hydrogen-bond acceptors (Lipinski definition) is 1. The van der Waals surface area contributed by atoms with Crippen LogP contribution in [0.3, 0.4) is 0 Å². The zero-order valence-electron chi connectivity index (χ0n) is 14.1. The number of rotatable bonds is 5. The van der Waals surface area contributed by atoms with Gasteiger partial charge in [-0.2, -0.15) is 13.2 Å². The minimum absolute atomic E-state index is 0.0132. The first-order chi connectivity index (χ1) is 12.7. The van der Waals surface area contributed by atoms with Crippen molar-refractivity contribution in [1.82, 2.24) is 4.98 Å². The zero-order chi connectivity index (χ0) is 19.8. The van der Waals surface area contributed by atoms with Crippen LogP contribution in [-0.4, -0.2) is 11.5 Å². The van der Waals surface area contributed by atoms with Gasteiger partial charge in [-0.3, -0.25) is 0 Å². The molecule has 0 saturated heterocycles. The maximum absolute atomic E-state index is 13.5. The van der Waals surface area contributed by atoms with Gasteiger partial charge in [-0.25, -0.2) is 0 Å². The summed E-state index contributed by atoms with van der Waals surface area (Å²) in [4.78, 5) is 2.92. The molecule has 0 unspecified atom stereocenters. The Bertz CT molecular complexity index is 980. The Kier molecular flexibility index (Phi) is 5.96. The van der Waals surface area contributed by atoms with Crippen LogP contribution in [0, 0.1) is 0 Å². The van der Waals surface area contributed by atoms with Crippen LogP contribution in [0.25, 0.3) is 22.2 Å². The summed E-state index contributed by atoms with van der Waals surface area (Å²) in [6.45, 7) is 0.504. The molecule has 0 aliphatic rings. The van der Waals surface area contributed by atoms with E-state index in [-0.39, 0.29) is 15.6 Å². The van der Waals surface area contributed by atoms with Crippen molar-refractivity contribution in [3.63, 3.8) is 0 Å². The number of nitrogens with two attached hydrogens (primary N) is 1. The summed E-state index contributed by atoms with van der Waals surface area (Å²) in [6.07, 6.45) is -2.53. The van der Waals surface area contributed by atoms with E-state index in [1.165, 1.54) is 0 Å². The molecule has 27 heavy (non-hydrogen) atoms. The Labute approximate surface area is 169 Å². The molecule has 3 N–H and O–H groups in total. The fourth-order valence-corrected chi connectivity index (χ4v) is 3.78. The lowest BCUT2D eigenvalue weighted by Gasteiger charge is -2.09. The van der Waals surface area contributed by atoms with Crippen LogP contribution < -0.4 is 5.73 Å². The molecule has 3 aromatic rings. The molecule has 3 rings (SSSR count). The van der Waals surface area contributed by atoms with E-state index in [0.29, 0.717) is 34.6 Å². The molecule has 1 aromatic heterocycles. The highest BCUT2D eigenvalue weighted by Gasteiger charge is 2.35. The van der Waals surface area contributed by atoms with E-state index in [4.69, 9.17) is 40.5 Å². The Hall–Kier alpha value is -1.40. The highest BCUT2D eigenvalue weighted by Crippen LogP contribution is 2.43. The number of unbranched alkanes of at least 4 members (excludes halogenated alkanes) is 1. The number of aromatic nitrogens is 1. The van der Waals surface area contributed by atoms with Crippen LogP contribution >= 0.6 is 34.8 Å². The van der Waals surface area contributed by atoms with Crippen molar-refractivity contribution in [2.45, 2.75) is 25.4 Å². The normalized spacial score (nSPS) is 12.1. The average Bonchev–Trinajstić information content (AvgIpc) is 2.94. The summed E-state index contributed by atoms with van der Waals surface area (Å²) < 4.78 is 40.6. The Morgan fingerprint density at radius 2 is 1.78 bits per heavy atom. The first kappa shape index (κ1) is 20.3. The molecule has 0 radical (unpaired) electrons. The van der Waals surface area contributed by atoms with Gasteiger partial charge in [0.25, 0.3) is 0 Å². The molecule has 1 heterocycles. The lowest BCUT2D eigenvalue weighted by atomic mass is 9.99. The minimum Gasteiger partial charge on any atom is -0.354 e. The van der Waals surface area contributed by atoms with Gasteiger partial charge < -0.3 is 10.7 Å². The molecule has 0 aliphatic heterocycles. The Balaban J connectivity index is 2.31. The summed E-state index contributed by atoms with van der Waals surface area (Å²) in [5, 5.41) is 1.07. The number of halogens is 6. The number of aryl methyl sites for hydroxylation is 1. The van der Waals surface area contributed by atoms with E-state index >= 15 is 0 Å². The topological polar surface area (TPSA) is 41.8 Å². The van der Waals surface area contributed by atoms with Crippen molar-refractivity contribution in [2.24, 2.45) is 5.73 Å². The SMILES string of the molecule is NCCCCc1c(-c2cccc(Cl)c2Cl)[nH]c2c(C(F)(F)F)cc(Cl)cc12. The monoisotopic (exact) mass is 434 g/mol. The number of nitrogens with one attached hydrogen (secondary N) is 1. The molecule has 0 atom stereocenters. The molecular weight excluding hydrogens is 420 g/mol. The Morgan fingerprint density at radius 1 is 1.04 bits per heavy atom. The number of alkyl halides is 3. The van der Waals surface area contributed by atoms with Gasteiger partial charge in [0.05, 0.1) is 26.8 Å². The van der Waals surface area contributed by atoms with E-state index in [0.717, 1.165) is 24.5 Å². The van der Waals surface area contributed by atoms with Crippen LogP contribution in [0.2, 0.25) is 15.1 Å². The van der Waals surface area contributed by atoms with Gasteiger partial charge in [0.1, 0.15) is 0 Å². The number of aromatic amines is 1. The molecule has 0 fully saturated rings.